The van der Waals surface area contributed by atoms with Crippen LogP contribution in [0.5, 0.6) is 0 Å². The van der Waals surface area contributed by atoms with E-state index in [1.807, 2.05) is 5.32 Å². The zero-order valence-corrected chi connectivity index (χ0v) is 18.7. The van der Waals surface area contributed by atoms with Crippen LogP contribution in [0.25, 0.3) is 11.1 Å². The Bertz CT molecular complexity index is 1470. The lowest BCUT2D eigenvalue weighted by atomic mass is 10.1. The topological polar surface area (TPSA) is 127 Å². The SMILES string of the molecule is O=C(NC(=O)c1c[n+](Cc2ccc(-c3cncnc3C(F)(F)F)cn2)no1)Nc1cccc(C(F)(F)F)c1. The minimum Gasteiger partial charge on any atom is -0.308 e. The van der Waals surface area contributed by atoms with Crippen molar-refractivity contribution in [1.82, 2.24) is 25.5 Å². The summed E-state index contributed by atoms with van der Waals surface area (Å²) < 4.78 is 83.9. The number of benzene rings is 1. The number of imide groups is 1. The molecule has 0 spiro atoms. The lowest BCUT2D eigenvalue weighted by Crippen LogP contribution is -2.37. The molecule has 0 atom stereocenters. The molecule has 0 aliphatic carbocycles. The minimum absolute atomic E-state index is 0.0507. The van der Waals surface area contributed by atoms with E-state index < -0.39 is 41.3 Å². The fourth-order valence-corrected chi connectivity index (χ4v) is 3.16. The van der Waals surface area contributed by atoms with E-state index in [-0.39, 0.29) is 23.4 Å². The normalized spacial score (nSPS) is 11.7. The fraction of sp³-hybridized carbons (Fsp3) is 0.136. The molecule has 0 saturated carbocycles. The first-order chi connectivity index (χ1) is 17.9. The number of hydrogen-bond donors (Lipinski definition) is 2. The van der Waals surface area contributed by atoms with Gasteiger partial charge >= 0.3 is 24.3 Å². The molecule has 0 unspecified atom stereocenters. The molecule has 1 aromatic carbocycles. The fourth-order valence-electron chi connectivity index (χ4n) is 3.16. The van der Waals surface area contributed by atoms with Gasteiger partial charge in [0.05, 0.1) is 5.56 Å². The number of nitrogens with one attached hydrogen (secondary N) is 2. The Morgan fingerprint density at radius 2 is 1.76 bits per heavy atom. The number of carbonyl (C=O) groups excluding carboxylic acids is 2. The highest BCUT2D eigenvalue weighted by Gasteiger charge is 2.36. The van der Waals surface area contributed by atoms with Crippen molar-refractivity contribution in [3.8, 4) is 11.1 Å². The first kappa shape index (κ1) is 26.2. The predicted molar refractivity (Wildman–Crippen MR) is 114 cm³/mol. The van der Waals surface area contributed by atoms with Crippen molar-refractivity contribution in [3.05, 3.63) is 84.0 Å². The number of hydrogen-bond acceptors (Lipinski definition) is 7. The first-order valence-electron chi connectivity index (χ1n) is 10.4. The number of carbonyl (C=O) groups is 2. The van der Waals surface area contributed by atoms with Crippen LogP contribution in [0.15, 0.2) is 65.8 Å². The van der Waals surface area contributed by atoms with Gasteiger partial charge in [-0.2, -0.15) is 26.3 Å². The molecular formula is C22H14F6N7O3+. The number of pyridine rings is 1. The van der Waals surface area contributed by atoms with Gasteiger partial charge in [-0.1, -0.05) is 12.1 Å². The molecule has 3 aromatic heterocycles. The van der Waals surface area contributed by atoms with Crippen molar-refractivity contribution < 1.29 is 45.1 Å². The van der Waals surface area contributed by atoms with Gasteiger partial charge in [-0.05, 0) is 28.9 Å². The average Bonchev–Trinajstić information content (AvgIpc) is 3.32. The van der Waals surface area contributed by atoms with Gasteiger partial charge in [0.15, 0.2) is 11.0 Å². The number of amides is 3. The molecule has 38 heavy (non-hydrogen) atoms. The molecule has 3 amide bonds. The smallest absolute Gasteiger partial charge is 0.308 e. The predicted octanol–water partition coefficient (Wildman–Crippen LogP) is 3.86. The standard InChI is InChI=1S/C22H13F6N7O3/c23-21(24,25)13-2-1-3-14(6-13)32-20(37)33-19(36)17-10-35(34-38-17)9-15-5-4-12(7-30-15)16-8-29-11-31-18(16)22(26,27)28/h1-8,10-11H,9H2,(H-,32,33,36,37)/p+1. The molecule has 0 fully saturated rings. The van der Waals surface area contributed by atoms with Crippen molar-refractivity contribution in [3.63, 3.8) is 0 Å². The number of nitrogens with zero attached hydrogens (tertiary/aromatic N) is 5. The number of urea groups is 1. The Morgan fingerprint density at radius 3 is 2.45 bits per heavy atom. The summed E-state index contributed by atoms with van der Waals surface area (Å²) in [5.41, 5.74) is -2.09. The van der Waals surface area contributed by atoms with Crippen molar-refractivity contribution in [2.24, 2.45) is 0 Å². The van der Waals surface area contributed by atoms with Crippen LogP contribution in [-0.2, 0) is 18.9 Å². The van der Waals surface area contributed by atoms with E-state index in [2.05, 4.69) is 25.5 Å². The number of anilines is 1. The second-order valence-electron chi connectivity index (χ2n) is 7.57. The summed E-state index contributed by atoms with van der Waals surface area (Å²) in [6.45, 7) is -0.0507. The summed E-state index contributed by atoms with van der Waals surface area (Å²) in [5.74, 6) is -1.44. The second-order valence-corrected chi connectivity index (χ2v) is 7.57. The third-order valence-electron chi connectivity index (χ3n) is 4.85. The Hall–Kier alpha value is -4.89. The number of halogens is 6. The van der Waals surface area contributed by atoms with Crippen molar-refractivity contribution >= 4 is 17.6 Å². The Morgan fingerprint density at radius 1 is 0.974 bits per heavy atom. The molecule has 4 aromatic rings. The third-order valence-corrected chi connectivity index (χ3v) is 4.85. The summed E-state index contributed by atoms with van der Waals surface area (Å²) >= 11 is 0. The van der Waals surface area contributed by atoms with Gasteiger partial charge in [0, 0.05) is 29.2 Å². The molecule has 3 heterocycles. The zero-order chi connectivity index (χ0) is 27.5. The maximum atomic E-state index is 13.2. The molecule has 4 rings (SSSR count). The van der Waals surface area contributed by atoms with Gasteiger partial charge in [0.1, 0.15) is 12.0 Å². The molecule has 196 valence electrons. The minimum atomic E-state index is -4.69. The van der Waals surface area contributed by atoms with Gasteiger partial charge in [-0.3, -0.25) is 19.6 Å². The molecule has 0 aliphatic rings. The van der Waals surface area contributed by atoms with Crippen LogP contribution >= 0.6 is 0 Å². The summed E-state index contributed by atoms with van der Waals surface area (Å²) in [6, 6.07) is 5.49. The van der Waals surface area contributed by atoms with Gasteiger partial charge in [0.2, 0.25) is 6.54 Å². The molecule has 2 N–H and O–H groups in total. The zero-order valence-electron chi connectivity index (χ0n) is 18.7. The van der Waals surface area contributed by atoms with Crippen molar-refractivity contribution in [2.75, 3.05) is 5.32 Å². The van der Waals surface area contributed by atoms with E-state index in [1.165, 1.54) is 24.4 Å². The lowest BCUT2D eigenvalue weighted by Gasteiger charge is -2.10. The first-order valence-corrected chi connectivity index (χ1v) is 10.4. The Balaban J connectivity index is 1.38. The number of alkyl halides is 6. The third kappa shape index (κ3) is 6.26. The van der Waals surface area contributed by atoms with Crippen LogP contribution in [0.2, 0.25) is 0 Å². The molecule has 0 aliphatic heterocycles. The summed E-state index contributed by atoms with van der Waals surface area (Å²) in [4.78, 5) is 35.2. The maximum absolute atomic E-state index is 13.2. The van der Waals surface area contributed by atoms with E-state index in [1.54, 1.807) is 0 Å². The van der Waals surface area contributed by atoms with E-state index in [4.69, 9.17) is 4.52 Å². The Labute approximate surface area is 208 Å². The highest BCUT2D eigenvalue weighted by molar-refractivity contribution is 6.06. The summed E-state index contributed by atoms with van der Waals surface area (Å²) in [5, 5.41) is 7.60. The van der Waals surface area contributed by atoms with Gasteiger partial charge < -0.3 is 5.32 Å². The molecular weight excluding hydrogens is 524 g/mol. The summed E-state index contributed by atoms with van der Waals surface area (Å²) in [6.07, 6.45) is -5.18. The van der Waals surface area contributed by atoms with Crippen molar-refractivity contribution in [1.29, 1.82) is 0 Å². The highest BCUT2D eigenvalue weighted by atomic mass is 19.4. The van der Waals surface area contributed by atoms with Crippen LogP contribution in [0.1, 0.15) is 27.5 Å². The van der Waals surface area contributed by atoms with Crippen LogP contribution in [0.4, 0.5) is 36.8 Å². The monoisotopic (exact) mass is 538 g/mol. The number of aromatic nitrogens is 5. The maximum Gasteiger partial charge on any atom is 0.434 e. The molecule has 0 bridgehead atoms. The Kier molecular flexibility index (Phi) is 7.05. The van der Waals surface area contributed by atoms with Gasteiger partial charge in [0.25, 0.3) is 12.0 Å². The van der Waals surface area contributed by atoms with E-state index in [0.29, 0.717) is 11.8 Å². The highest BCUT2D eigenvalue weighted by Crippen LogP contribution is 2.34. The van der Waals surface area contributed by atoms with Crippen LogP contribution < -0.4 is 15.3 Å². The van der Waals surface area contributed by atoms with E-state index >= 15 is 0 Å². The van der Waals surface area contributed by atoms with Crippen molar-refractivity contribution in [2.45, 2.75) is 18.9 Å². The van der Waals surface area contributed by atoms with E-state index in [0.717, 1.165) is 35.5 Å². The number of rotatable bonds is 5. The van der Waals surface area contributed by atoms with Gasteiger partial charge in [-0.25, -0.2) is 14.8 Å². The second kappa shape index (κ2) is 10.2. The largest absolute Gasteiger partial charge is 0.434 e. The summed E-state index contributed by atoms with van der Waals surface area (Å²) in [7, 11) is 0. The van der Waals surface area contributed by atoms with Crippen LogP contribution in [-0.4, -0.2) is 32.2 Å². The quantitative estimate of drug-likeness (QED) is 0.292. The van der Waals surface area contributed by atoms with Crippen LogP contribution in [0.3, 0.4) is 0 Å². The van der Waals surface area contributed by atoms with Gasteiger partial charge in [-0.15, -0.1) is 0 Å². The molecule has 16 heteroatoms. The molecule has 0 saturated heterocycles. The molecule has 10 nitrogen and oxygen atoms in total. The van der Waals surface area contributed by atoms with Crippen LogP contribution in [0, 0.1) is 0 Å². The lowest BCUT2D eigenvalue weighted by molar-refractivity contribution is -0.755. The average molecular weight is 538 g/mol. The molecule has 0 radical (unpaired) electrons. The van der Waals surface area contributed by atoms with E-state index in [9.17, 15) is 35.9 Å².